The minimum Gasteiger partial charge on any atom is -0.510 e. The summed E-state index contributed by atoms with van der Waals surface area (Å²) in [5.74, 6) is 3.05. The van der Waals surface area contributed by atoms with Crippen LogP contribution in [0.1, 0.15) is 25.2 Å². The van der Waals surface area contributed by atoms with Gasteiger partial charge in [0, 0.05) is 12.6 Å². The number of aliphatic hydroxyl groups excluding tert-OH is 1. The first-order chi connectivity index (χ1) is 15.5. The summed E-state index contributed by atoms with van der Waals surface area (Å²) in [6, 6.07) is 11.4. The van der Waals surface area contributed by atoms with E-state index in [2.05, 4.69) is 9.97 Å². The van der Waals surface area contributed by atoms with Crippen LogP contribution in [-0.4, -0.2) is 59.2 Å². The van der Waals surface area contributed by atoms with Gasteiger partial charge in [-0.05, 0) is 50.1 Å². The van der Waals surface area contributed by atoms with E-state index in [1.165, 1.54) is 0 Å². The maximum atomic E-state index is 10.6. The zero-order valence-corrected chi connectivity index (χ0v) is 18.6. The Labute approximate surface area is 186 Å². The van der Waals surface area contributed by atoms with Gasteiger partial charge >= 0.3 is 0 Å². The number of aromatic nitrogens is 2. The number of hydrogen-bond donors (Lipinski definition) is 3. The highest BCUT2D eigenvalue weighted by Crippen LogP contribution is 2.30. The Morgan fingerprint density at radius 2 is 1.88 bits per heavy atom. The van der Waals surface area contributed by atoms with Crippen LogP contribution in [0.5, 0.6) is 17.2 Å². The van der Waals surface area contributed by atoms with Gasteiger partial charge in [-0.1, -0.05) is 6.07 Å². The predicted molar refractivity (Wildman–Crippen MR) is 124 cm³/mol. The highest BCUT2D eigenvalue weighted by atomic mass is 16.5. The van der Waals surface area contributed by atoms with E-state index in [9.17, 15) is 5.11 Å². The van der Waals surface area contributed by atoms with Crippen LogP contribution in [0.4, 0.5) is 0 Å². The minimum atomic E-state index is 0.141. The van der Waals surface area contributed by atoms with E-state index in [1.807, 2.05) is 55.1 Å². The molecule has 1 aliphatic heterocycles. The molecule has 2 aromatic carbocycles. The SMILES string of the molecule is CCOc1ccc(CCN2CC(O)=C(c3nc4ccc(OC)cc4[nH]3)C2=N)cc1OCC. The Morgan fingerprint density at radius 3 is 2.62 bits per heavy atom. The molecule has 0 bridgehead atoms. The average molecular weight is 437 g/mol. The van der Waals surface area contributed by atoms with E-state index in [-0.39, 0.29) is 18.1 Å². The second-order valence-corrected chi connectivity index (χ2v) is 7.46. The van der Waals surface area contributed by atoms with Gasteiger partial charge in [-0.15, -0.1) is 0 Å². The number of H-pyrrole nitrogens is 1. The molecule has 1 aliphatic rings. The first kappa shape index (κ1) is 21.5. The van der Waals surface area contributed by atoms with Crippen molar-refractivity contribution in [2.24, 2.45) is 0 Å². The van der Waals surface area contributed by atoms with Crippen molar-refractivity contribution in [3.05, 3.63) is 53.5 Å². The van der Waals surface area contributed by atoms with Crippen molar-refractivity contribution in [3.8, 4) is 17.2 Å². The molecule has 0 saturated carbocycles. The lowest BCUT2D eigenvalue weighted by molar-refractivity contribution is 0.287. The van der Waals surface area contributed by atoms with Crippen molar-refractivity contribution < 1.29 is 19.3 Å². The zero-order chi connectivity index (χ0) is 22.7. The molecular formula is C24H28N4O4. The Hall–Kier alpha value is -3.68. The summed E-state index contributed by atoms with van der Waals surface area (Å²) in [6.07, 6.45) is 0.701. The second kappa shape index (κ2) is 9.21. The zero-order valence-electron chi connectivity index (χ0n) is 18.6. The van der Waals surface area contributed by atoms with E-state index >= 15 is 0 Å². The fourth-order valence-corrected chi connectivity index (χ4v) is 3.82. The van der Waals surface area contributed by atoms with Crippen LogP contribution in [0.15, 0.2) is 42.2 Å². The number of imidazole rings is 1. The smallest absolute Gasteiger partial charge is 0.161 e. The van der Waals surface area contributed by atoms with Crippen LogP contribution in [-0.2, 0) is 6.42 Å². The number of nitrogens with zero attached hydrogens (tertiary/aromatic N) is 2. The number of rotatable bonds is 9. The lowest BCUT2D eigenvalue weighted by atomic mass is 10.1. The number of aromatic amines is 1. The largest absolute Gasteiger partial charge is 0.510 e. The number of hydrogen-bond acceptors (Lipinski definition) is 6. The van der Waals surface area contributed by atoms with Gasteiger partial charge in [0.05, 0.1) is 43.5 Å². The topological polar surface area (TPSA) is 104 Å². The van der Waals surface area contributed by atoms with Crippen molar-refractivity contribution in [2.45, 2.75) is 20.3 Å². The number of aliphatic hydroxyl groups is 1. The molecular weight excluding hydrogens is 408 g/mol. The van der Waals surface area contributed by atoms with Crippen molar-refractivity contribution >= 4 is 22.4 Å². The molecule has 0 aliphatic carbocycles. The van der Waals surface area contributed by atoms with Gasteiger partial charge in [-0.3, -0.25) is 5.41 Å². The van der Waals surface area contributed by atoms with Crippen LogP contribution < -0.4 is 14.2 Å². The summed E-state index contributed by atoms with van der Waals surface area (Å²) in [4.78, 5) is 9.60. The van der Waals surface area contributed by atoms with Crippen molar-refractivity contribution in [2.75, 3.05) is 33.4 Å². The minimum absolute atomic E-state index is 0.141. The molecule has 8 nitrogen and oxygen atoms in total. The van der Waals surface area contributed by atoms with Gasteiger partial charge in [0.15, 0.2) is 11.5 Å². The molecule has 3 N–H and O–H groups in total. The van der Waals surface area contributed by atoms with E-state index in [0.29, 0.717) is 37.6 Å². The van der Waals surface area contributed by atoms with Crippen LogP contribution in [0.25, 0.3) is 16.6 Å². The van der Waals surface area contributed by atoms with Crippen LogP contribution >= 0.6 is 0 Å². The predicted octanol–water partition coefficient (Wildman–Crippen LogP) is 4.17. The summed E-state index contributed by atoms with van der Waals surface area (Å²) >= 11 is 0. The van der Waals surface area contributed by atoms with E-state index in [0.717, 1.165) is 33.8 Å². The third kappa shape index (κ3) is 4.21. The molecule has 168 valence electrons. The van der Waals surface area contributed by atoms with Gasteiger partial charge in [0.2, 0.25) is 0 Å². The first-order valence-corrected chi connectivity index (χ1v) is 10.7. The quantitative estimate of drug-likeness (QED) is 0.465. The second-order valence-electron chi connectivity index (χ2n) is 7.46. The lowest BCUT2D eigenvalue weighted by Gasteiger charge is -2.19. The number of methoxy groups -OCH3 is 1. The molecule has 2 heterocycles. The average Bonchev–Trinajstić information content (AvgIpc) is 3.32. The number of ether oxygens (including phenoxy) is 3. The molecule has 0 fully saturated rings. The number of benzene rings is 2. The molecule has 1 aromatic heterocycles. The third-order valence-corrected chi connectivity index (χ3v) is 5.39. The van der Waals surface area contributed by atoms with E-state index < -0.39 is 0 Å². The number of fused-ring (bicyclic) bond motifs is 1. The monoisotopic (exact) mass is 436 g/mol. The summed E-state index contributed by atoms with van der Waals surface area (Å²) < 4.78 is 16.6. The van der Waals surface area contributed by atoms with Crippen LogP contribution in [0, 0.1) is 5.41 Å². The number of amidine groups is 1. The fraction of sp³-hybridized carbons (Fsp3) is 0.333. The summed E-state index contributed by atoms with van der Waals surface area (Å²) in [5.41, 5.74) is 3.06. The maximum absolute atomic E-state index is 10.6. The summed E-state index contributed by atoms with van der Waals surface area (Å²) in [6.45, 7) is 5.89. The molecule has 32 heavy (non-hydrogen) atoms. The van der Waals surface area contributed by atoms with Gasteiger partial charge < -0.3 is 29.2 Å². The van der Waals surface area contributed by atoms with Crippen molar-refractivity contribution in [1.82, 2.24) is 14.9 Å². The molecule has 0 atom stereocenters. The molecule has 0 saturated heterocycles. The lowest BCUT2D eigenvalue weighted by Crippen LogP contribution is -2.29. The van der Waals surface area contributed by atoms with E-state index in [1.54, 1.807) is 7.11 Å². The number of nitrogens with one attached hydrogen (secondary N) is 2. The van der Waals surface area contributed by atoms with Crippen molar-refractivity contribution in [1.29, 1.82) is 5.41 Å². The van der Waals surface area contributed by atoms with Crippen LogP contribution in [0.3, 0.4) is 0 Å². The van der Waals surface area contributed by atoms with Gasteiger partial charge in [0.1, 0.15) is 23.2 Å². The van der Waals surface area contributed by atoms with E-state index in [4.69, 9.17) is 19.6 Å². The van der Waals surface area contributed by atoms with Crippen LogP contribution in [0.2, 0.25) is 0 Å². The molecule has 0 amide bonds. The molecule has 8 heteroatoms. The molecule has 0 radical (unpaired) electrons. The maximum Gasteiger partial charge on any atom is 0.161 e. The summed E-state index contributed by atoms with van der Waals surface area (Å²) in [7, 11) is 1.61. The Kier molecular flexibility index (Phi) is 6.20. The summed E-state index contributed by atoms with van der Waals surface area (Å²) in [5, 5.41) is 19.2. The normalized spacial score (nSPS) is 13.8. The highest BCUT2D eigenvalue weighted by molar-refractivity contribution is 6.23. The molecule has 0 unspecified atom stereocenters. The Balaban J connectivity index is 1.47. The van der Waals surface area contributed by atoms with Gasteiger partial charge in [0.25, 0.3) is 0 Å². The Bertz CT molecular complexity index is 1170. The van der Waals surface area contributed by atoms with Gasteiger partial charge in [-0.2, -0.15) is 0 Å². The fourth-order valence-electron chi connectivity index (χ4n) is 3.82. The first-order valence-electron chi connectivity index (χ1n) is 10.7. The van der Waals surface area contributed by atoms with Crippen molar-refractivity contribution in [3.63, 3.8) is 0 Å². The standard InChI is InChI=1S/C24H28N4O4/c1-4-31-20-9-6-15(12-21(20)32-5-2)10-11-28-14-19(29)22(23(28)25)24-26-17-8-7-16(30-3)13-18(17)27-24/h6-9,12-13,25,29H,4-5,10-11,14H2,1-3H3,(H,26,27). The third-order valence-electron chi connectivity index (χ3n) is 5.39. The molecule has 3 aromatic rings. The molecule has 0 spiro atoms. The Morgan fingerprint density at radius 1 is 1.09 bits per heavy atom. The van der Waals surface area contributed by atoms with Gasteiger partial charge in [-0.25, -0.2) is 4.98 Å². The highest BCUT2D eigenvalue weighted by Gasteiger charge is 2.30. The molecule has 4 rings (SSSR count).